The van der Waals surface area contributed by atoms with E-state index < -0.39 is 12.1 Å². The zero-order chi connectivity index (χ0) is 25.6. The maximum atomic E-state index is 12.4. The normalized spacial score (nSPS) is 14.9. The van der Waals surface area contributed by atoms with Crippen molar-refractivity contribution >= 4 is 23.5 Å². The third-order valence-corrected chi connectivity index (χ3v) is 5.18. The van der Waals surface area contributed by atoms with Crippen LogP contribution in [0.25, 0.3) is 0 Å². The van der Waals surface area contributed by atoms with E-state index in [9.17, 15) is 23.1 Å². The van der Waals surface area contributed by atoms with Crippen LogP contribution >= 0.6 is 11.6 Å². The van der Waals surface area contributed by atoms with Crippen LogP contribution in [0, 0.1) is 0 Å². The van der Waals surface area contributed by atoms with Crippen molar-refractivity contribution in [1.29, 1.82) is 0 Å². The van der Waals surface area contributed by atoms with E-state index in [4.69, 9.17) is 26.2 Å². The summed E-state index contributed by atoms with van der Waals surface area (Å²) in [5.74, 6) is -3.29. The molecule has 1 aliphatic heterocycles. The molecule has 4 rings (SSSR count). The third-order valence-electron chi connectivity index (χ3n) is 4.95. The molecule has 8 nitrogen and oxygen atoms in total. The Labute approximate surface area is 202 Å². The maximum absolute atomic E-state index is 12.4. The minimum Gasteiger partial charge on any atom is -0.507 e. The van der Waals surface area contributed by atoms with E-state index in [1.807, 2.05) is 29.1 Å². The number of phenolic OH excluding ortho intramolecular Hbond substituents is 1. The summed E-state index contributed by atoms with van der Waals surface area (Å²) in [6.07, 6.45) is -2.56. The van der Waals surface area contributed by atoms with E-state index >= 15 is 0 Å². The van der Waals surface area contributed by atoms with Gasteiger partial charge < -0.3 is 20.3 Å². The number of carboxylic acids is 1. The molecule has 1 aliphatic rings. The number of fused-ring (bicyclic) bond motifs is 1. The van der Waals surface area contributed by atoms with E-state index in [2.05, 4.69) is 22.5 Å². The Morgan fingerprint density at radius 1 is 1.20 bits per heavy atom. The Kier molecular flexibility index (Phi) is 8.36. The first-order valence-electron chi connectivity index (χ1n) is 10.3. The molecular weight excluding hydrogens is 491 g/mol. The predicted octanol–water partition coefficient (Wildman–Crippen LogP) is 3.97. The number of amides is 1. The fourth-order valence-electron chi connectivity index (χ4n) is 3.32. The molecule has 2 aromatic carbocycles. The van der Waals surface area contributed by atoms with Gasteiger partial charge in [-0.05, 0) is 35.7 Å². The molecule has 1 unspecified atom stereocenters. The summed E-state index contributed by atoms with van der Waals surface area (Å²) in [4.78, 5) is 21.3. The van der Waals surface area contributed by atoms with Gasteiger partial charge in [0.15, 0.2) is 0 Å². The quantitative estimate of drug-likeness (QED) is 0.478. The van der Waals surface area contributed by atoms with E-state index in [0.29, 0.717) is 18.2 Å². The van der Waals surface area contributed by atoms with Gasteiger partial charge in [-0.3, -0.25) is 9.48 Å². The van der Waals surface area contributed by atoms with Crippen LogP contribution in [-0.2, 0) is 22.5 Å². The topological polar surface area (TPSA) is 114 Å². The summed E-state index contributed by atoms with van der Waals surface area (Å²) in [6.45, 7) is 1.54. The third kappa shape index (κ3) is 7.20. The van der Waals surface area contributed by atoms with Crippen molar-refractivity contribution in [3.63, 3.8) is 0 Å². The molecule has 3 N–H and O–H groups in total. The van der Waals surface area contributed by atoms with Crippen molar-refractivity contribution in [2.24, 2.45) is 0 Å². The van der Waals surface area contributed by atoms with E-state index in [1.165, 1.54) is 17.7 Å². The lowest BCUT2D eigenvalue weighted by Gasteiger charge is -2.22. The summed E-state index contributed by atoms with van der Waals surface area (Å²) in [7, 11) is 0. The first-order valence-corrected chi connectivity index (χ1v) is 10.7. The number of carboxylic acid groups (broad SMARTS) is 1. The number of nitrogens with zero attached hydrogens (tertiary/aromatic N) is 2. The molecule has 186 valence electrons. The van der Waals surface area contributed by atoms with Crippen LogP contribution < -0.4 is 5.32 Å². The van der Waals surface area contributed by atoms with Gasteiger partial charge in [-0.25, -0.2) is 4.79 Å². The second kappa shape index (κ2) is 11.2. The smallest absolute Gasteiger partial charge is 0.490 e. The van der Waals surface area contributed by atoms with Gasteiger partial charge in [0.25, 0.3) is 5.91 Å². The number of phenols is 1. The number of aromatic hydroxyl groups is 1. The van der Waals surface area contributed by atoms with E-state index in [1.54, 1.807) is 6.07 Å². The Morgan fingerprint density at radius 2 is 1.89 bits per heavy atom. The molecule has 1 amide bonds. The number of nitrogens with one attached hydrogen (secondary N) is 1. The molecule has 12 heteroatoms. The number of carbonyl (C=O) groups excluding carboxylic acids is 1. The molecule has 3 aromatic rings. The average Bonchev–Trinajstić information content (AvgIpc) is 3.21. The first-order chi connectivity index (χ1) is 16.5. The molecule has 0 aliphatic carbocycles. The zero-order valence-electron chi connectivity index (χ0n) is 18.1. The van der Waals surface area contributed by atoms with Crippen LogP contribution in [0.4, 0.5) is 13.2 Å². The second-order valence-corrected chi connectivity index (χ2v) is 7.94. The van der Waals surface area contributed by atoms with Crippen molar-refractivity contribution in [2.45, 2.75) is 25.2 Å². The van der Waals surface area contributed by atoms with E-state index in [-0.39, 0.29) is 29.9 Å². The SMILES string of the molecule is O=C(NCC1OCCc2cn(Cc3ccccc3)nc21)c1ccc(Cl)cc1O.O=C(O)C(F)(F)F. The molecule has 1 atom stereocenters. The predicted molar refractivity (Wildman–Crippen MR) is 119 cm³/mol. The lowest BCUT2D eigenvalue weighted by Crippen LogP contribution is -2.32. The molecule has 0 radical (unpaired) electrons. The van der Waals surface area contributed by atoms with Gasteiger partial charge in [-0.2, -0.15) is 18.3 Å². The highest BCUT2D eigenvalue weighted by Crippen LogP contribution is 2.26. The molecule has 0 fully saturated rings. The van der Waals surface area contributed by atoms with Crippen LogP contribution in [0.2, 0.25) is 5.02 Å². The van der Waals surface area contributed by atoms with Crippen LogP contribution in [0.5, 0.6) is 5.75 Å². The second-order valence-electron chi connectivity index (χ2n) is 7.51. The molecular formula is C23H21ClF3N3O5. The first kappa shape index (κ1) is 26.0. The van der Waals surface area contributed by atoms with Crippen molar-refractivity contribution in [1.82, 2.24) is 15.1 Å². The van der Waals surface area contributed by atoms with Gasteiger partial charge in [-0.1, -0.05) is 41.9 Å². The number of carbonyl (C=O) groups is 2. The Morgan fingerprint density at radius 3 is 2.51 bits per heavy atom. The fraction of sp³-hybridized carbons (Fsp3) is 0.261. The number of alkyl halides is 3. The van der Waals surface area contributed by atoms with E-state index in [0.717, 1.165) is 17.7 Å². The molecule has 0 spiro atoms. The lowest BCUT2D eigenvalue weighted by atomic mass is 10.1. The van der Waals surface area contributed by atoms with Crippen LogP contribution in [0.15, 0.2) is 54.7 Å². The van der Waals surface area contributed by atoms with Crippen LogP contribution in [0.1, 0.15) is 33.3 Å². The van der Waals surface area contributed by atoms with Crippen LogP contribution in [0.3, 0.4) is 0 Å². The highest BCUT2D eigenvalue weighted by atomic mass is 35.5. The number of ether oxygens (including phenoxy) is 1. The highest BCUT2D eigenvalue weighted by Gasteiger charge is 2.38. The van der Waals surface area contributed by atoms with Gasteiger partial charge in [0, 0.05) is 17.8 Å². The monoisotopic (exact) mass is 511 g/mol. The molecule has 1 aromatic heterocycles. The summed E-state index contributed by atoms with van der Waals surface area (Å²) in [5.41, 5.74) is 3.33. The molecule has 2 heterocycles. The minimum absolute atomic E-state index is 0.151. The van der Waals surface area contributed by atoms with Gasteiger partial charge in [0.05, 0.1) is 24.4 Å². The number of hydrogen-bond donors (Lipinski definition) is 3. The largest absolute Gasteiger partial charge is 0.507 e. The Hall–Kier alpha value is -3.57. The zero-order valence-corrected chi connectivity index (χ0v) is 18.9. The summed E-state index contributed by atoms with van der Waals surface area (Å²) >= 11 is 5.81. The van der Waals surface area contributed by atoms with Crippen molar-refractivity contribution < 1.29 is 37.7 Å². The van der Waals surface area contributed by atoms with Gasteiger partial charge in [0.1, 0.15) is 11.9 Å². The molecule has 0 saturated carbocycles. The molecule has 0 bridgehead atoms. The summed E-state index contributed by atoms with van der Waals surface area (Å²) in [6, 6.07) is 14.5. The Balaban J connectivity index is 0.000000429. The highest BCUT2D eigenvalue weighted by molar-refractivity contribution is 6.30. The minimum atomic E-state index is -5.08. The van der Waals surface area contributed by atoms with Crippen molar-refractivity contribution in [3.8, 4) is 5.75 Å². The molecule has 0 saturated heterocycles. The van der Waals surface area contributed by atoms with Gasteiger partial charge in [0.2, 0.25) is 0 Å². The number of aliphatic carboxylic acids is 1. The average molecular weight is 512 g/mol. The van der Waals surface area contributed by atoms with Crippen molar-refractivity contribution in [2.75, 3.05) is 13.2 Å². The number of benzene rings is 2. The Bertz CT molecular complexity index is 1180. The van der Waals surface area contributed by atoms with Crippen LogP contribution in [-0.4, -0.2) is 51.2 Å². The number of rotatable bonds is 5. The number of hydrogen-bond acceptors (Lipinski definition) is 5. The maximum Gasteiger partial charge on any atom is 0.490 e. The number of halogens is 4. The van der Waals surface area contributed by atoms with Crippen molar-refractivity contribution in [3.05, 3.63) is 82.1 Å². The number of aromatic nitrogens is 2. The lowest BCUT2D eigenvalue weighted by molar-refractivity contribution is -0.192. The van der Waals surface area contributed by atoms with Gasteiger partial charge in [-0.15, -0.1) is 0 Å². The van der Waals surface area contributed by atoms with Gasteiger partial charge >= 0.3 is 12.1 Å². The summed E-state index contributed by atoms with van der Waals surface area (Å²) < 4.78 is 39.5. The molecule has 35 heavy (non-hydrogen) atoms. The summed E-state index contributed by atoms with van der Waals surface area (Å²) in [5, 5.41) is 24.9. The standard InChI is InChI=1S/C21H20ClN3O3.C2HF3O2/c22-16-6-7-17(18(26)10-16)21(27)23-11-19-20-15(8-9-28-19)13-25(24-20)12-14-4-2-1-3-5-14;3-2(4,5)1(6)7/h1-7,10,13,19,26H,8-9,11-12H2,(H,23,27);(H,6,7). The fourth-order valence-corrected chi connectivity index (χ4v) is 3.48.